The molecule has 8 aromatic heterocycles. The summed E-state index contributed by atoms with van der Waals surface area (Å²) in [7, 11) is 0. The van der Waals surface area contributed by atoms with Gasteiger partial charge >= 0.3 is 30.1 Å². The second kappa shape index (κ2) is 20.0. The van der Waals surface area contributed by atoms with E-state index in [0.717, 1.165) is 22.4 Å². The van der Waals surface area contributed by atoms with E-state index in [4.69, 9.17) is 0 Å². The number of carboxylic acids is 1. The summed E-state index contributed by atoms with van der Waals surface area (Å²) in [5.74, 6) is -2.05. The van der Waals surface area contributed by atoms with Gasteiger partial charge in [-0.2, -0.15) is 46.5 Å². The SMILES string of the molecule is Cc1cncc(N(Cc2ccc(-c3noc(C(F)(F)F)n3)s2)c2cc(C(=O)N3CC(C(C)C)C3)cnn2)n1.Cc1cncc(N(Cc2ccc(-c3noc(C(F)(F)F)n3)s2)c2cc(C(=O)O)cnn2)n1. The Bertz CT molecular complexity index is 3140. The summed E-state index contributed by atoms with van der Waals surface area (Å²) in [4.78, 5) is 55.8. The van der Waals surface area contributed by atoms with Crippen LogP contribution in [0.4, 0.5) is 49.6 Å². The van der Waals surface area contributed by atoms with Crippen LogP contribution in [-0.4, -0.2) is 95.6 Å². The third kappa shape index (κ3) is 11.3. The van der Waals surface area contributed by atoms with Gasteiger partial charge in [0.1, 0.15) is 0 Å². The smallest absolute Gasteiger partial charge is 0.471 e. The van der Waals surface area contributed by atoms with Crippen LogP contribution in [0.3, 0.4) is 0 Å². The summed E-state index contributed by atoms with van der Waals surface area (Å²) in [6.07, 6.45) is -0.700. The van der Waals surface area contributed by atoms with Crippen molar-refractivity contribution in [2.24, 2.45) is 11.8 Å². The predicted molar refractivity (Wildman–Crippen MR) is 236 cm³/mol. The Labute approximate surface area is 399 Å². The van der Waals surface area contributed by atoms with Crippen molar-refractivity contribution in [2.75, 3.05) is 22.9 Å². The van der Waals surface area contributed by atoms with Crippen LogP contribution in [-0.2, 0) is 25.4 Å². The molecule has 70 heavy (non-hydrogen) atoms. The molecular weight excluding hydrogens is 973 g/mol. The molecule has 9 rings (SSSR count). The van der Waals surface area contributed by atoms with Crippen LogP contribution in [0, 0.1) is 25.7 Å². The fourth-order valence-corrected chi connectivity index (χ4v) is 8.41. The van der Waals surface area contributed by atoms with E-state index in [9.17, 15) is 41.0 Å². The van der Waals surface area contributed by atoms with Crippen LogP contribution >= 0.6 is 22.7 Å². The normalized spacial score (nSPS) is 12.9. The van der Waals surface area contributed by atoms with Gasteiger partial charge in [0, 0.05) is 35.2 Å². The van der Waals surface area contributed by atoms with Gasteiger partial charge in [-0.1, -0.05) is 24.2 Å². The van der Waals surface area contributed by atoms with Crippen LogP contribution in [0.25, 0.3) is 21.4 Å². The first-order chi connectivity index (χ1) is 33.3. The number of carboxylic acid groups (broad SMARTS) is 1. The number of hydrogen-bond donors (Lipinski definition) is 1. The van der Waals surface area contributed by atoms with Gasteiger partial charge in [-0.05, 0) is 62.1 Å². The number of halogens is 6. The minimum Gasteiger partial charge on any atom is -0.478 e. The lowest BCUT2D eigenvalue weighted by Crippen LogP contribution is -2.51. The zero-order chi connectivity index (χ0) is 49.9. The van der Waals surface area contributed by atoms with E-state index in [-0.39, 0.29) is 42.0 Å². The van der Waals surface area contributed by atoms with Crippen molar-refractivity contribution in [3.63, 3.8) is 0 Å². The van der Waals surface area contributed by atoms with Gasteiger partial charge in [-0.25, -0.2) is 14.8 Å². The number of rotatable bonds is 13. The van der Waals surface area contributed by atoms with Crippen molar-refractivity contribution >= 4 is 57.8 Å². The molecule has 0 spiro atoms. The summed E-state index contributed by atoms with van der Waals surface area (Å²) >= 11 is 2.33. The first kappa shape index (κ1) is 48.6. The molecule has 362 valence electrons. The van der Waals surface area contributed by atoms with E-state index in [0.29, 0.717) is 74.0 Å². The maximum atomic E-state index is 13.1. The van der Waals surface area contributed by atoms with Crippen molar-refractivity contribution in [3.05, 3.63) is 118 Å². The van der Waals surface area contributed by atoms with Gasteiger partial charge in [0.25, 0.3) is 5.91 Å². The third-order valence-corrected chi connectivity index (χ3v) is 12.4. The van der Waals surface area contributed by atoms with Crippen molar-refractivity contribution in [3.8, 4) is 21.4 Å². The van der Waals surface area contributed by atoms with Gasteiger partial charge in [0.2, 0.25) is 11.6 Å². The van der Waals surface area contributed by atoms with Crippen molar-refractivity contribution in [1.29, 1.82) is 0 Å². The molecule has 1 N–H and O–H groups in total. The minimum atomic E-state index is -4.74. The Kier molecular flexibility index (Phi) is 13.9. The van der Waals surface area contributed by atoms with Crippen LogP contribution in [0.15, 0.2) is 82.6 Å². The Hall–Kier alpha value is -7.88. The summed E-state index contributed by atoms with van der Waals surface area (Å²) in [6.45, 7) is 9.62. The quantitative estimate of drug-likeness (QED) is 0.106. The van der Waals surface area contributed by atoms with E-state index < -0.39 is 30.1 Å². The largest absolute Gasteiger partial charge is 0.478 e. The molecule has 0 unspecified atom stereocenters. The minimum absolute atomic E-state index is 0.0704. The number of carbonyl (C=O) groups is 2. The summed E-state index contributed by atoms with van der Waals surface area (Å²) in [5.41, 5.74) is 1.62. The van der Waals surface area contributed by atoms with Crippen molar-refractivity contribution in [1.82, 2.24) is 65.5 Å². The topological polar surface area (TPSA) is 245 Å². The van der Waals surface area contributed by atoms with E-state index in [1.807, 2.05) is 0 Å². The number of likely N-dealkylation sites (tertiary alicyclic amines) is 1. The monoisotopic (exact) mass is 1010 g/mol. The number of carbonyl (C=O) groups excluding carboxylic acids is 1. The molecule has 0 aromatic carbocycles. The predicted octanol–water partition coefficient (Wildman–Crippen LogP) is 8.51. The van der Waals surface area contributed by atoms with Gasteiger partial charge in [0.15, 0.2) is 23.3 Å². The van der Waals surface area contributed by atoms with Crippen LogP contribution in [0.5, 0.6) is 0 Å². The maximum absolute atomic E-state index is 13.1. The van der Waals surface area contributed by atoms with Gasteiger partial charge < -0.3 is 28.9 Å². The maximum Gasteiger partial charge on any atom is 0.471 e. The molecule has 1 fully saturated rings. The first-order valence-corrected chi connectivity index (χ1v) is 22.2. The molecule has 1 amide bonds. The van der Waals surface area contributed by atoms with Crippen LogP contribution in [0.2, 0.25) is 0 Å². The lowest BCUT2D eigenvalue weighted by Gasteiger charge is -2.41. The van der Waals surface area contributed by atoms with E-state index >= 15 is 0 Å². The number of aromatic carboxylic acids is 1. The van der Waals surface area contributed by atoms with Crippen molar-refractivity contribution < 1.29 is 50.1 Å². The molecule has 1 saturated heterocycles. The van der Waals surface area contributed by atoms with Gasteiger partial charge in [0.05, 0.1) is 70.1 Å². The number of anilines is 4. The van der Waals surface area contributed by atoms with Crippen molar-refractivity contribution in [2.45, 2.75) is 53.1 Å². The highest BCUT2D eigenvalue weighted by atomic mass is 32.1. The van der Waals surface area contributed by atoms with Gasteiger partial charge in [-0.3, -0.25) is 14.8 Å². The number of hydrogen-bond acceptors (Lipinski definition) is 20. The first-order valence-electron chi connectivity index (χ1n) is 20.6. The lowest BCUT2D eigenvalue weighted by atomic mass is 9.88. The Morgan fingerprint density at radius 3 is 1.56 bits per heavy atom. The van der Waals surface area contributed by atoms with Crippen LogP contribution < -0.4 is 9.80 Å². The number of nitrogens with zero attached hydrogens (tertiary/aromatic N) is 15. The summed E-state index contributed by atoms with van der Waals surface area (Å²) < 4.78 is 85.4. The lowest BCUT2D eigenvalue weighted by molar-refractivity contribution is -0.160. The van der Waals surface area contributed by atoms with E-state index in [1.54, 1.807) is 77.5 Å². The molecule has 0 saturated carbocycles. The molecule has 0 radical (unpaired) electrons. The third-order valence-electron chi connectivity index (χ3n) is 10.2. The summed E-state index contributed by atoms with van der Waals surface area (Å²) in [5, 5.41) is 32.2. The Morgan fingerprint density at radius 2 is 1.14 bits per heavy atom. The highest BCUT2D eigenvalue weighted by Gasteiger charge is 2.40. The molecular formula is C42H35F6N15O5S2. The van der Waals surface area contributed by atoms with Gasteiger partial charge in [-0.15, -0.1) is 32.9 Å². The standard InChI is InChI=1S/C24H23F3N8O2S.C18H12F3N7O3S/c1-13(2)16-10-34(11-16)22(36)15-6-19(32-29-8-15)35(20-9-28-7-14(3)30-20)12-17-4-5-18(38-17)21-31-23(37-33-21)24(25,26)27;1-9-5-22-7-14(24-9)28(13-4-10(16(29)30)6-23-26-13)8-11-2-3-12(32-11)15-25-17(31-27-15)18(19,20)21/h4-9,13,16H,10-12H2,1-3H3;2-7H,8H2,1H3,(H,29,30). The molecule has 8 aromatic rings. The molecule has 9 heterocycles. The zero-order valence-electron chi connectivity index (χ0n) is 36.8. The van der Waals surface area contributed by atoms with E-state index in [1.165, 1.54) is 29.8 Å². The highest BCUT2D eigenvalue weighted by molar-refractivity contribution is 7.15. The molecule has 20 nitrogen and oxygen atoms in total. The molecule has 0 aliphatic carbocycles. The zero-order valence-corrected chi connectivity index (χ0v) is 38.4. The number of alkyl halides is 6. The molecule has 28 heteroatoms. The highest BCUT2D eigenvalue weighted by Crippen LogP contribution is 2.36. The number of aromatic nitrogens is 12. The fraction of sp³-hybridized carbons (Fsp3) is 0.286. The number of aryl methyl sites for hydroxylation is 2. The molecule has 1 aliphatic heterocycles. The molecule has 0 bridgehead atoms. The number of thiophene rings is 2. The summed E-state index contributed by atoms with van der Waals surface area (Å²) in [6, 6.07) is 9.59. The fourth-order valence-electron chi connectivity index (χ4n) is 6.57. The Balaban J connectivity index is 0.000000191. The van der Waals surface area contributed by atoms with Crippen LogP contribution in [0.1, 0.15) is 67.5 Å². The molecule has 1 aliphatic rings. The Morgan fingerprint density at radius 1 is 0.686 bits per heavy atom. The molecule has 0 atom stereocenters. The average molecular weight is 1010 g/mol. The average Bonchev–Trinajstić information content (AvgIpc) is 4.15. The number of amides is 1. The second-order valence-corrected chi connectivity index (χ2v) is 18.0. The van der Waals surface area contributed by atoms with E-state index in [2.05, 4.69) is 83.5 Å². The second-order valence-electron chi connectivity index (χ2n) is 15.7.